The Labute approximate surface area is 112 Å². The summed E-state index contributed by atoms with van der Waals surface area (Å²) < 4.78 is 15.5. The summed E-state index contributed by atoms with van der Waals surface area (Å²) >= 11 is 0. The molecule has 5 heteroatoms. The highest BCUT2D eigenvalue weighted by Gasteiger charge is 1.99. The number of rotatable bonds is 8. The zero-order valence-electron chi connectivity index (χ0n) is 11.0. The van der Waals surface area contributed by atoms with E-state index in [-0.39, 0.29) is 0 Å². The molecule has 1 heterocycles. The van der Waals surface area contributed by atoms with Crippen LogP contribution in [0.5, 0.6) is 5.75 Å². The second-order valence-corrected chi connectivity index (χ2v) is 4.08. The lowest BCUT2D eigenvalue weighted by Crippen LogP contribution is -2.18. The van der Waals surface area contributed by atoms with Crippen LogP contribution in [-0.4, -0.2) is 25.4 Å². The fraction of sp³-hybridized carbons (Fsp3) is 0.357. The minimum Gasteiger partial charge on any atom is -0.486 e. The Hall–Kier alpha value is -1.85. The van der Waals surface area contributed by atoms with Gasteiger partial charge in [0.05, 0.1) is 12.8 Å². The number of nitrogens with one attached hydrogen (secondary N) is 1. The van der Waals surface area contributed by atoms with Gasteiger partial charge in [0.2, 0.25) is 0 Å². The minimum atomic E-state index is 0.394. The maximum atomic E-state index is 5.57. The van der Waals surface area contributed by atoms with Crippen LogP contribution < -0.4 is 10.1 Å². The van der Waals surface area contributed by atoms with Crippen molar-refractivity contribution >= 4 is 0 Å². The molecule has 2 rings (SSSR count). The fourth-order valence-corrected chi connectivity index (χ4v) is 1.58. The molecule has 102 valence electrons. The molecule has 0 amide bonds. The van der Waals surface area contributed by atoms with Crippen LogP contribution in [0.3, 0.4) is 0 Å². The molecule has 1 aromatic carbocycles. The van der Waals surface area contributed by atoms with Gasteiger partial charge in [0.25, 0.3) is 0 Å². The summed E-state index contributed by atoms with van der Waals surface area (Å²) in [7, 11) is 1.70. The molecule has 1 N–H and O–H groups in total. The van der Waals surface area contributed by atoms with E-state index in [2.05, 4.69) is 10.5 Å². The van der Waals surface area contributed by atoms with Gasteiger partial charge in [-0.2, -0.15) is 0 Å². The van der Waals surface area contributed by atoms with Crippen LogP contribution in [0, 0.1) is 0 Å². The van der Waals surface area contributed by atoms with E-state index in [0.717, 1.165) is 25.4 Å². The van der Waals surface area contributed by atoms with Gasteiger partial charge in [-0.3, -0.25) is 0 Å². The van der Waals surface area contributed by atoms with Crippen molar-refractivity contribution in [3.8, 4) is 5.75 Å². The Balaban J connectivity index is 1.74. The number of benzene rings is 1. The van der Waals surface area contributed by atoms with Crippen LogP contribution >= 0.6 is 0 Å². The molecule has 2 aromatic rings. The van der Waals surface area contributed by atoms with E-state index in [9.17, 15) is 0 Å². The summed E-state index contributed by atoms with van der Waals surface area (Å²) in [5.74, 6) is 1.53. The predicted molar refractivity (Wildman–Crippen MR) is 70.9 cm³/mol. The van der Waals surface area contributed by atoms with Gasteiger partial charge in [0.15, 0.2) is 5.76 Å². The fourth-order valence-electron chi connectivity index (χ4n) is 1.58. The molecule has 1 aromatic heterocycles. The van der Waals surface area contributed by atoms with E-state index in [1.54, 1.807) is 19.4 Å². The molecule has 5 nitrogen and oxygen atoms in total. The SMILES string of the molecule is COCCNCc1ccc(OCc2ccno2)cc1. The Bertz CT molecular complexity index is 454. The first-order chi connectivity index (χ1) is 9.38. The summed E-state index contributed by atoms with van der Waals surface area (Å²) in [5.41, 5.74) is 1.21. The minimum absolute atomic E-state index is 0.394. The van der Waals surface area contributed by atoms with Gasteiger partial charge in [-0.05, 0) is 17.7 Å². The quantitative estimate of drug-likeness (QED) is 0.737. The van der Waals surface area contributed by atoms with Gasteiger partial charge in [-0.15, -0.1) is 0 Å². The van der Waals surface area contributed by atoms with Crippen LogP contribution in [0.2, 0.25) is 0 Å². The summed E-state index contributed by atoms with van der Waals surface area (Å²) in [6.07, 6.45) is 1.60. The van der Waals surface area contributed by atoms with Crippen molar-refractivity contribution in [1.82, 2.24) is 10.5 Å². The van der Waals surface area contributed by atoms with Gasteiger partial charge in [-0.1, -0.05) is 17.3 Å². The highest BCUT2D eigenvalue weighted by molar-refractivity contribution is 5.27. The molecule has 0 aliphatic rings. The van der Waals surface area contributed by atoms with E-state index in [0.29, 0.717) is 12.4 Å². The highest BCUT2D eigenvalue weighted by Crippen LogP contribution is 2.14. The maximum Gasteiger partial charge on any atom is 0.174 e. The Morgan fingerprint density at radius 2 is 2.05 bits per heavy atom. The zero-order chi connectivity index (χ0) is 13.3. The van der Waals surface area contributed by atoms with Crippen molar-refractivity contribution in [3.05, 3.63) is 47.9 Å². The van der Waals surface area contributed by atoms with Gasteiger partial charge in [0, 0.05) is 26.3 Å². The second-order valence-electron chi connectivity index (χ2n) is 4.08. The number of methoxy groups -OCH3 is 1. The average molecular weight is 262 g/mol. The van der Waals surface area contributed by atoms with E-state index in [4.69, 9.17) is 14.0 Å². The van der Waals surface area contributed by atoms with E-state index in [1.165, 1.54) is 5.56 Å². The molecule has 0 radical (unpaired) electrons. The molecule has 0 bridgehead atoms. The molecule has 19 heavy (non-hydrogen) atoms. The lowest BCUT2D eigenvalue weighted by Gasteiger charge is -2.06. The third kappa shape index (κ3) is 4.73. The maximum absolute atomic E-state index is 5.57. The molecule has 0 aliphatic carbocycles. The summed E-state index contributed by atoms with van der Waals surface area (Å²) in [6, 6.07) is 9.76. The number of aromatic nitrogens is 1. The highest BCUT2D eigenvalue weighted by atomic mass is 16.5. The molecular formula is C14H18N2O3. The van der Waals surface area contributed by atoms with E-state index in [1.807, 2.05) is 24.3 Å². The average Bonchev–Trinajstić information content (AvgIpc) is 2.96. The summed E-state index contributed by atoms with van der Waals surface area (Å²) in [6.45, 7) is 2.79. The van der Waals surface area contributed by atoms with Gasteiger partial charge in [-0.25, -0.2) is 0 Å². The largest absolute Gasteiger partial charge is 0.486 e. The second kappa shape index (κ2) is 7.56. The van der Waals surface area contributed by atoms with Crippen molar-refractivity contribution in [2.24, 2.45) is 0 Å². The van der Waals surface area contributed by atoms with Gasteiger partial charge < -0.3 is 19.3 Å². The van der Waals surface area contributed by atoms with Crippen molar-refractivity contribution in [1.29, 1.82) is 0 Å². The van der Waals surface area contributed by atoms with Crippen LogP contribution in [0.1, 0.15) is 11.3 Å². The normalized spacial score (nSPS) is 10.6. The summed E-state index contributed by atoms with van der Waals surface area (Å²) in [5, 5.41) is 6.91. The first-order valence-corrected chi connectivity index (χ1v) is 6.19. The third-order valence-corrected chi connectivity index (χ3v) is 2.61. The van der Waals surface area contributed by atoms with Crippen LogP contribution in [0.4, 0.5) is 0 Å². The monoisotopic (exact) mass is 262 g/mol. The number of hydrogen-bond donors (Lipinski definition) is 1. The Kier molecular flexibility index (Phi) is 5.40. The van der Waals surface area contributed by atoms with Crippen molar-refractivity contribution in [3.63, 3.8) is 0 Å². The van der Waals surface area contributed by atoms with Crippen molar-refractivity contribution in [2.45, 2.75) is 13.2 Å². The van der Waals surface area contributed by atoms with E-state index < -0.39 is 0 Å². The molecule has 0 atom stereocenters. The topological polar surface area (TPSA) is 56.5 Å². The standard InChI is InChI=1S/C14H18N2O3/c1-17-9-8-15-10-12-2-4-13(5-3-12)18-11-14-6-7-16-19-14/h2-7,15H,8-11H2,1H3. The molecule has 0 saturated heterocycles. The van der Waals surface area contributed by atoms with Gasteiger partial charge >= 0.3 is 0 Å². The smallest absolute Gasteiger partial charge is 0.174 e. The molecule has 0 unspecified atom stereocenters. The predicted octanol–water partition coefficient (Wildman–Crippen LogP) is 1.99. The lowest BCUT2D eigenvalue weighted by atomic mass is 10.2. The molecule has 0 spiro atoms. The van der Waals surface area contributed by atoms with Crippen molar-refractivity contribution in [2.75, 3.05) is 20.3 Å². The van der Waals surface area contributed by atoms with E-state index >= 15 is 0 Å². The number of ether oxygens (including phenoxy) is 2. The Morgan fingerprint density at radius 1 is 1.21 bits per heavy atom. The molecule has 0 saturated carbocycles. The zero-order valence-corrected chi connectivity index (χ0v) is 11.0. The summed E-state index contributed by atoms with van der Waals surface area (Å²) in [4.78, 5) is 0. The molecule has 0 aliphatic heterocycles. The third-order valence-electron chi connectivity index (χ3n) is 2.61. The van der Waals surface area contributed by atoms with Gasteiger partial charge in [0.1, 0.15) is 12.4 Å². The first-order valence-electron chi connectivity index (χ1n) is 6.19. The first kappa shape index (κ1) is 13.6. The van der Waals surface area contributed by atoms with Crippen LogP contribution in [-0.2, 0) is 17.9 Å². The number of nitrogens with zero attached hydrogens (tertiary/aromatic N) is 1. The van der Waals surface area contributed by atoms with Crippen LogP contribution in [0.25, 0.3) is 0 Å². The molecular weight excluding hydrogens is 244 g/mol. The molecule has 0 fully saturated rings. The Morgan fingerprint density at radius 3 is 2.74 bits per heavy atom. The lowest BCUT2D eigenvalue weighted by molar-refractivity contribution is 0.199. The van der Waals surface area contributed by atoms with Crippen LogP contribution in [0.15, 0.2) is 41.1 Å². The van der Waals surface area contributed by atoms with Crippen molar-refractivity contribution < 1.29 is 14.0 Å². The number of hydrogen-bond acceptors (Lipinski definition) is 5.